The normalized spacial score (nSPS) is 26.2. The lowest BCUT2D eigenvalue weighted by Crippen LogP contribution is -2.52. The van der Waals surface area contributed by atoms with Gasteiger partial charge in [0, 0.05) is 42.8 Å². The van der Waals surface area contributed by atoms with Crippen LogP contribution in [0.2, 0.25) is 0 Å². The molecule has 0 bridgehead atoms. The van der Waals surface area contributed by atoms with E-state index in [1.807, 2.05) is 17.0 Å². The van der Waals surface area contributed by atoms with E-state index < -0.39 is 0 Å². The Morgan fingerprint density at radius 1 is 1.22 bits per heavy atom. The summed E-state index contributed by atoms with van der Waals surface area (Å²) in [6.45, 7) is 6.54. The molecule has 3 rings (SSSR count). The van der Waals surface area contributed by atoms with Gasteiger partial charge in [-0.15, -0.1) is 12.4 Å². The van der Waals surface area contributed by atoms with Crippen LogP contribution in [0.3, 0.4) is 0 Å². The van der Waals surface area contributed by atoms with E-state index in [1.165, 1.54) is 0 Å². The summed E-state index contributed by atoms with van der Waals surface area (Å²) in [7, 11) is 0. The molecule has 2 amide bonds. The highest BCUT2D eigenvalue weighted by molar-refractivity contribution is 5.97. The topological polar surface area (TPSA) is 61.4 Å². The lowest BCUT2D eigenvalue weighted by Gasteiger charge is -2.34. The molecular weight excluding hydrogens is 314 g/mol. The van der Waals surface area contributed by atoms with Crippen LogP contribution in [-0.4, -0.2) is 42.4 Å². The minimum atomic E-state index is 0. The van der Waals surface area contributed by atoms with Gasteiger partial charge in [-0.1, -0.05) is 6.92 Å². The molecule has 1 saturated heterocycles. The molecule has 2 aliphatic rings. The molecule has 0 radical (unpaired) electrons. The van der Waals surface area contributed by atoms with Crippen LogP contribution in [-0.2, 0) is 4.79 Å². The van der Waals surface area contributed by atoms with Crippen LogP contribution in [0.5, 0.6) is 0 Å². The van der Waals surface area contributed by atoms with Crippen molar-refractivity contribution in [3.8, 4) is 0 Å². The molecule has 23 heavy (non-hydrogen) atoms. The Kier molecular flexibility index (Phi) is 5.65. The summed E-state index contributed by atoms with van der Waals surface area (Å²) in [6.07, 6.45) is 0.975. The van der Waals surface area contributed by atoms with E-state index in [2.05, 4.69) is 24.5 Å². The molecule has 1 saturated carbocycles. The van der Waals surface area contributed by atoms with E-state index in [1.54, 1.807) is 12.1 Å². The second-order valence-corrected chi connectivity index (χ2v) is 6.44. The fourth-order valence-corrected chi connectivity index (χ4v) is 2.93. The number of carbonyl (C=O) groups is 2. The number of rotatable bonds is 3. The van der Waals surface area contributed by atoms with E-state index in [4.69, 9.17) is 0 Å². The highest BCUT2D eigenvalue weighted by Gasteiger charge is 2.39. The molecule has 2 N–H and O–H groups in total. The number of amides is 2. The standard InChI is InChI=1S/C17H23N3O2.ClH/c1-11-9-15(11)16(21)19-14-5-3-13(4-6-14)17(22)20-8-7-18-10-12(20)2;/h3-6,11-12,15,18H,7-10H2,1-2H3,(H,19,21);1H/t11?,12-,15?;/m0./s1. The minimum absolute atomic E-state index is 0. The molecule has 1 aliphatic carbocycles. The Balaban J connectivity index is 0.00000192. The first-order valence-electron chi connectivity index (χ1n) is 7.99. The predicted octanol–water partition coefficient (Wildman–Crippen LogP) is 2.14. The number of carbonyl (C=O) groups excluding carboxylic acids is 2. The van der Waals surface area contributed by atoms with E-state index in [9.17, 15) is 9.59 Å². The zero-order chi connectivity index (χ0) is 15.7. The number of hydrogen-bond acceptors (Lipinski definition) is 3. The molecule has 6 heteroatoms. The molecule has 1 heterocycles. The first-order valence-corrected chi connectivity index (χ1v) is 7.99. The Bertz CT molecular complexity index is 576. The number of piperazine rings is 1. The summed E-state index contributed by atoms with van der Waals surface area (Å²) in [5.74, 6) is 0.794. The number of hydrogen-bond donors (Lipinski definition) is 2. The van der Waals surface area contributed by atoms with Gasteiger partial charge in [0.15, 0.2) is 0 Å². The average Bonchev–Trinajstić information content (AvgIpc) is 3.25. The van der Waals surface area contributed by atoms with Crippen molar-refractivity contribution >= 4 is 29.9 Å². The SMILES string of the molecule is CC1CC1C(=O)Nc1ccc(C(=O)N2CCNC[C@@H]2C)cc1.Cl. The molecule has 0 spiro atoms. The van der Waals surface area contributed by atoms with Gasteiger partial charge >= 0.3 is 0 Å². The molecule has 1 aromatic carbocycles. The molecule has 126 valence electrons. The Morgan fingerprint density at radius 3 is 2.43 bits per heavy atom. The van der Waals surface area contributed by atoms with Crippen molar-refractivity contribution in [1.82, 2.24) is 10.2 Å². The van der Waals surface area contributed by atoms with Gasteiger partial charge < -0.3 is 15.5 Å². The third-order valence-electron chi connectivity index (χ3n) is 4.61. The largest absolute Gasteiger partial charge is 0.333 e. The fraction of sp³-hybridized carbons (Fsp3) is 0.529. The smallest absolute Gasteiger partial charge is 0.254 e. The highest BCUT2D eigenvalue weighted by Crippen LogP contribution is 2.38. The number of benzene rings is 1. The van der Waals surface area contributed by atoms with Crippen LogP contribution in [0.15, 0.2) is 24.3 Å². The van der Waals surface area contributed by atoms with Crippen molar-refractivity contribution in [3.05, 3.63) is 29.8 Å². The average molecular weight is 338 g/mol. The summed E-state index contributed by atoms with van der Waals surface area (Å²) in [5, 5.41) is 6.20. The molecule has 0 aromatic heterocycles. The van der Waals surface area contributed by atoms with Crippen LogP contribution in [0.1, 0.15) is 30.6 Å². The monoisotopic (exact) mass is 337 g/mol. The molecule has 5 nitrogen and oxygen atoms in total. The maximum atomic E-state index is 12.5. The lowest BCUT2D eigenvalue weighted by atomic mass is 10.1. The van der Waals surface area contributed by atoms with Gasteiger partial charge in [0.2, 0.25) is 5.91 Å². The maximum absolute atomic E-state index is 12.5. The molecule has 2 unspecified atom stereocenters. The van der Waals surface area contributed by atoms with Gasteiger partial charge in [0.25, 0.3) is 5.91 Å². The van der Waals surface area contributed by atoms with Crippen LogP contribution in [0.4, 0.5) is 5.69 Å². The lowest BCUT2D eigenvalue weighted by molar-refractivity contribution is -0.117. The number of nitrogens with one attached hydrogen (secondary N) is 2. The van der Waals surface area contributed by atoms with Crippen molar-refractivity contribution in [2.45, 2.75) is 26.3 Å². The third-order valence-corrected chi connectivity index (χ3v) is 4.61. The third kappa shape index (κ3) is 4.03. The zero-order valence-electron chi connectivity index (χ0n) is 13.5. The van der Waals surface area contributed by atoms with Gasteiger partial charge in [0.1, 0.15) is 0 Å². The summed E-state index contributed by atoms with van der Waals surface area (Å²) in [5.41, 5.74) is 1.43. The highest BCUT2D eigenvalue weighted by atomic mass is 35.5. The molecule has 3 atom stereocenters. The van der Waals surface area contributed by atoms with Crippen LogP contribution in [0.25, 0.3) is 0 Å². The quantitative estimate of drug-likeness (QED) is 0.888. The van der Waals surface area contributed by atoms with Crippen LogP contribution >= 0.6 is 12.4 Å². The van der Waals surface area contributed by atoms with E-state index in [0.717, 1.165) is 31.7 Å². The number of nitrogens with zero attached hydrogens (tertiary/aromatic N) is 1. The zero-order valence-corrected chi connectivity index (χ0v) is 14.4. The first-order chi connectivity index (χ1) is 10.6. The van der Waals surface area contributed by atoms with Crippen molar-refractivity contribution < 1.29 is 9.59 Å². The number of anilines is 1. The minimum Gasteiger partial charge on any atom is -0.333 e. The van der Waals surface area contributed by atoms with Crippen molar-refractivity contribution in [3.63, 3.8) is 0 Å². The van der Waals surface area contributed by atoms with Gasteiger partial charge in [-0.3, -0.25) is 9.59 Å². The van der Waals surface area contributed by atoms with Crippen molar-refractivity contribution in [2.75, 3.05) is 25.0 Å². The van der Waals surface area contributed by atoms with E-state index >= 15 is 0 Å². The fourth-order valence-electron chi connectivity index (χ4n) is 2.93. The van der Waals surface area contributed by atoms with Crippen molar-refractivity contribution in [1.29, 1.82) is 0 Å². The Morgan fingerprint density at radius 2 is 1.87 bits per heavy atom. The van der Waals surface area contributed by atoms with Gasteiger partial charge in [-0.05, 0) is 43.5 Å². The van der Waals surface area contributed by atoms with E-state index in [-0.39, 0.29) is 36.2 Å². The predicted molar refractivity (Wildman–Crippen MR) is 93.0 cm³/mol. The molecule has 2 fully saturated rings. The van der Waals surface area contributed by atoms with Crippen LogP contribution in [0, 0.1) is 11.8 Å². The molecular formula is C17H24ClN3O2. The summed E-state index contributed by atoms with van der Waals surface area (Å²) < 4.78 is 0. The van der Waals surface area contributed by atoms with Crippen molar-refractivity contribution in [2.24, 2.45) is 11.8 Å². The van der Waals surface area contributed by atoms with E-state index in [0.29, 0.717) is 11.5 Å². The van der Waals surface area contributed by atoms with Gasteiger partial charge in [-0.25, -0.2) is 0 Å². The second-order valence-electron chi connectivity index (χ2n) is 6.44. The maximum Gasteiger partial charge on any atom is 0.254 e. The first kappa shape index (κ1) is 17.8. The summed E-state index contributed by atoms with van der Waals surface area (Å²) in [4.78, 5) is 26.3. The van der Waals surface area contributed by atoms with Gasteiger partial charge in [-0.2, -0.15) is 0 Å². The summed E-state index contributed by atoms with van der Waals surface area (Å²) >= 11 is 0. The number of halogens is 1. The van der Waals surface area contributed by atoms with Gasteiger partial charge in [0.05, 0.1) is 0 Å². The summed E-state index contributed by atoms with van der Waals surface area (Å²) in [6, 6.07) is 7.42. The Labute approximate surface area is 143 Å². The van der Waals surface area contributed by atoms with Crippen LogP contribution < -0.4 is 10.6 Å². The second kappa shape index (κ2) is 7.32. The Hall–Kier alpha value is -1.59. The molecule has 1 aliphatic heterocycles. The molecule has 1 aromatic rings.